The fraction of sp³-hybridized carbons (Fsp3) is 0. The van der Waals surface area contributed by atoms with Crippen molar-refractivity contribution in [3.05, 3.63) is 58.3 Å². The number of pyridine rings is 1. The van der Waals surface area contributed by atoms with E-state index in [-0.39, 0.29) is 0 Å². The van der Waals surface area contributed by atoms with Gasteiger partial charge in [0.05, 0.1) is 5.69 Å². The maximum absolute atomic E-state index is 5.94. The van der Waals surface area contributed by atoms with Gasteiger partial charge in [-0.15, -0.1) is 0 Å². The molecular weight excluding hydrogens is 300 g/mol. The second-order valence-electron chi connectivity index (χ2n) is 3.72. The van der Waals surface area contributed by atoms with Crippen molar-refractivity contribution in [1.82, 2.24) is 9.38 Å². The highest BCUT2D eigenvalue weighted by molar-refractivity contribution is 9.10. The molecule has 0 radical (unpaired) electrons. The van der Waals surface area contributed by atoms with Gasteiger partial charge in [0.1, 0.15) is 5.65 Å². The molecule has 0 saturated heterocycles. The van der Waals surface area contributed by atoms with Crippen LogP contribution in [0.2, 0.25) is 5.02 Å². The van der Waals surface area contributed by atoms with Gasteiger partial charge in [0.15, 0.2) is 0 Å². The Morgan fingerprint density at radius 3 is 2.82 bits per heavy atom. The molecule has 2 aromatic heterocycles. The first-order valence-electron chi connectivity index (χ1n) is 5.13. The third-order valence-corrected chi connectivity index (χ3v) is 3.50. The van der Waals surface area contributed by atoms with Crippen LogP contribution in [-0.2, 0) is 0 Å². The summed E-state index contributed by atoms with van der Waals surface area (Å²) < 4.78 is 3.00. The Balaban J connectivity index is 2.22. The number of rotatable bonds is 1. The van der Waals surface area contributed by atoms with Crippen molar-refractivity contribution in [2.45, 2.75) is 0 Å². The van der Waals surface area contributed by atoms with Crippen LogP contribution in [0.3, 0.4) is 0 Å². The summed E-state index contributed by atoms with van der Waals surface area (Å²) >= 11 is 9.47. The van der Waals surface area contributed by atoms with E-state index in [4.69, 9.17) is 11.6 Å². The third-order valence-electron chi connectivity index (χ3n) is 2.57. The first-order chi connectivity index (χ1) is 8.24. The summed E-state index contributed by atoms with van der Waals surface area (Å²) in [5.41, 5.74) is 2.86. The molecule has 1 aromatic carbocycles. The molecule has 0 N–H and O–H groups in total. The van der Waals surface area contributed by atoms with Gasteiger partial charge in [-0.1, -0.05) is 45.7 Å². The Morgan fingerprint density at radius 1 is 1.18 bits per heavy atom. The molecule has 2 heterocycles. The molecule has 3 rings (SSSR count). The molecule has 0 fully saturated rings. The molecule has 0 spiro atoms. The van der Waals surface area contributed by atoms with Gasteiger partial charge < -0.3 is 4.40 Å². The normalized spacial score (nSPS) is 10.9. The quantitative estimate of drug-likeness (QED) is 0.650. The summed E-state index contributed by atoms with van der Waals surface area (Å²) in [4.78, 5) is 4.55. The number of hydrogen-bond acceptors (Lipinski definition) is 1. The molecule has 4 heteroatoms. The smallest absolute Gasteiger partial charge is 0.138 e. The maximum atomic E-state index is 5.94. The lowest BCUT2D eigenvalue weighted by Gasteiger charge is -1.98. The molecule has 0 amide bonds. The van der Waals surface area contributed by atoms with Crippen molar-refractivity contribution in [1.29, 1.82) is 0 Å². The van der Waals surface area contributed by atoms with Gasteiger partial charge in [0.2, 0.25) is 0 Å². The van der Waals surface area contributed by atoms with E-state index in [1.807, 2.05) is 53.2 Å². The van der Waals surface area contributed by atoms with E-state index in [2.05, 4.69) is 20.9 Å². The van der Waals surface area contributed by atoms with Crippen LogP contribution in [0.25, 0.3) is 16.9 Å². The van der Waals surface area contributed by atoms with Crippen LogP contribution in [-0.4, -0.2) is 9.38 Å². The lowest BCUT2D eigenvalue weighted by atomic mass is 10.2. The van der Waals surface area contributed by atoms with Gasteiger partial charge >= 0.3 is 0 Å². The van der Waals surface area contributed by atoms with Crippen molar-refractivity contribution < 1.29 is 0 Å². The van der Waals surface area contributed by atoms with E-state index < -0.39 is 0 Å². The average Bonchev–Trinajstić information content (AvgIpc) is 2.72. The summed E-state index contributed by atoms with van der Waals surface area (Å²) in [6.45, 7) is 0. The van der Waals surface area contributed by atoms with Crippen LogP contribution in [0.15, 0.2) is 53.3 Å². The molecule has 3 aromatic rings. The van der Waals surface area contributed by atoms with Gasteiger partial charge in [-0.25, -0.2) is 4.98 Å². The molecule has 17 heavy (non-hydrogen) atoms. The van der Waals surface area contributed by atoms with Crippen LogP contribution < -0.4 is 0 Å². The predicted octanol–water partition coefficient (Wildman–Crippen LogP) is 4.42. The van der Waals surface area contributed by atoms with Crippen molar-refractivity contribution in [2.24, 2.45) is 0 Å². The second kappa shape index (κ2) is 4.17. The summed E-state index contributed by atoms with van der Waals surface area (Å²) in [7, 11) is 0. The summed E-state index contributed by atoms with van der Waals surface area (Å²) in [5, 5.41) is 0.696. The zero-order valence-corrected chi connectivity index (χ0v) is 11.1. The Kier molecular flexibility index (Phi) is 2.65. The van der Waals surface area contributed by atoms with E-state index in [0.717, 1.165) is 21.4 Å². The van der Waals surface area contributed by atoms with Gasteiger partial charge in [0.25, 0.3) is 0 Å². The Labute approximate surface area is 112 Å². The molecule has 0 atom stereocenters. The maximum Gasteiger partial charge on any atom is 0.138 e. The topological polar surface area (TPSA) is 17.3 Å². The zero-order valence-electron chi connectivity index (χ0n) is 8.77. The Morgan fingerprint density at radius 2 is 2.00 bits per heavy atom. The molecule has 0 saturated carbocycles. The van der Waals surface area contributed by atoms with E-state index in [9.17, 15) is 0 Å². The van der Waals surface area contributed by atoms with E-state index in [1.165, 1.54) is 0 Å². The number of imidazole rings is 1. The van der Waals surface area contributed by atoms with Crippen LogP contribution in [0.1, 0.15) is 0 Å². The van der Waals surface area contributed by atoms with Gasteiger partial charge in [-0.3, -0.25) is 0 Å². The van der Waals surface area contributed by atoms with Crippen molar-refractivity contribution in [3.8, 4) is 11.3 Å². The third kappa shape index (κ3) is 1.96. The first kappa shape index (κ1) is 10.8. The van der Waals surface area contributed by atoms with E-state index in [1.54, 1.807) is 0 Å². The lowest BCUT2D eigenvalue weighted by molar-refractivity contribution is 1.19. The van der Waals surface area contributed by atoms with E-state index >= 15 is 0 Å². The fourth-order valence-corrected chi connectivity index (χ4v) is 2.40. The average molecular weight is 308 g/mol. The standard InChI is InChI=1S/C13H8BrClN2/c14-11-4-2-1-3-10(11)12-8-17-6-5-9(15)7-13(17)16-12/h1-8H. The minimum absolute atomic E-state index is 0.696. The molecule has 2 nitrogen and oxygen atoms in total. The molecule has 0 aliphatic heterocycles. The Bertz CT molecular complexity index is 691. The largest absolute Gasteiger partial charge is 0.306 e. The number of hydrogen-bond donors (Lipinski definition) is 0. The lowest BCUT2D eigenvalue weighted by Crippen LogP contribution is -1.79. The Hall–Kier alpha value is -1.32. The van der Waals surface area contributed by atoms with Crippen molar-refractivity contribution in [2.75, 3.05) is 0 Å². The predicted molar refractivity (Wildman–Crippen MR) is 73.3 cm³/mol. The zero-order chi connectivity index (χ0) is 11.8. The highest BCUT2D eigenvalue weighted by Gasteiger charge is 2.07. The van der Waals surface area contributed by atoms with Gasteiger partial charge in [-0.05, 0) is 12.1 Å². The summed E-state index contributed by atoms with van der Waals surface area (Å²) in [6.07, 6.45) is 3.90. The van der Waals surface area contributed by atoms with Crippen LogP contribution in [0, 0.1) is 0 Å². The molecule has 0 unspecified atom stereocenters. The van der Waals surface area contributed by atoms with Crippen molar-refractivity contribution >= 4 is 33.2 Å². The van der Waals surface area contributed by atoms with Gasteiger partial charge in [0, 0.05) is 33.5 Å². The molecule has 84 valence electrons. The van der Waals surface area contributed by atoms with Crippen LogP contribution >= 0.6 is 27.5 Å². The van der Waals surface area contributed by atoms with Crippen molar-refractivity contribution in [3.63, 3.8) is 0 Å². The van der Waals surface area contributed by atoms with E-state index in [0.29, 0.717) is 5.02 Å². The molecule has 0 bridgehead atoms. The SMILES string of the molecule is Clc1ccn2cc(-c3ccccc3Br)nc2c1. The fourth-order valence-electron chi connectivity index (χ4n) is 1.76. The number of halogens is 2. The summed E-state index contributed by atoms with van der Waals surface area (Å²) in [5.74, 6) is 0. The monoisotopic (exact) mass is 306 g/mol. The highest BCUT2D eigenvalue weighted by atomic mass is 79.9. The minimum atomic E-state index is 0.696. The second-order valence-corrected chi connectivity index (χ2v) is 5.01. The highest BCUT2D eigenvalue weighted by Crippen LogP contribution is 2.27. The molecule has 0 aliphatic carbocycles. The van der Waals surface area contributed by atoms with Crippen LogP contribution in [0.5, 0.6) is 0 Å². The number of benzene rings is 1. The summed E-state index contributed by atoms with van der Waals surface area (Å²) in [6, 6.07) is 11.7. The number of aromatic nitrogens is 2. The number of nitrogens with zero attached hydrogens (tertiary/aromatic N) is 2. The minimum Gasteiger partial charge on any atom is -0.306 e. The number of fused-ring (bicyclic) bond motifs is 1. The van der Waals surface area contributed by atoms with Gasteiger partial charge in [-0.2, -0.15) is 0 Å². The first-order valence-corrected chi connectivity index (χ1v) is 6.30. The molecular formula is C13H8BrClN2. The molecule has 0 aliphatic rings. The van der Waals surface area contributed by atoms with Crippen LogP contribution in [0.4, 0.5) is 0 Å².